The summed E-state index contributed by atoms with van der Waals surface area (Å²) in [5, 5.41) is 10.4. The van der Waals surface area contributed by atoms with Crippen LogP contribution in [0.5, 0.6) is 11.5 Å². The fourth-order valence-corrected chi connectivity index (χ4v) is 10.8. The molecular weight excluding hydrogens is 837 g/mol. The molecule has 2 aromatic carbocycles. The highest BCUT2D eigenvalue weighted by molar-refractivity contribution is 7.86. The Hall–Kier alpha value is -4.40. The number of carboxylic acid groups (broad SMARTS) is 1. The third kappa shape index (κ3) is 9.71. The number of aromatic nitrogens is 2. The number of aryl methyl sites for hydroxylation is 2. The van der Waals surface area contributed by atoms with Gasteiger partial charge in [0.15, 0.2) is 5.54 Å². The third-order valence-corrected chi connectivity index (χ3v) is 13.4. The number of imidazole rings is 1. The zero-order valence-corrected chi connectivity index (χ0v) is 37.1. The second-order valence-electron chi connectivity index (χ2n) is 16.6. The van der Waals surface area contributed by atoms with E-state index in [9.17, 15) is 48.8 Å². The Morgan fingerprint density at radius 3 is 2.05 bits per heavy atom. The maximum Gasteiger partial charge on any atom is 0.303 e. The van der Waals surface area contributed by atoms with Crippen molar-refractivity contribution in [1.82, 2.24) is 9.14 Å². The van der Waals surface area contributed by atoms with Gasteiger partial charge >= 0.3 is 5.97 Å². The molecule has 60 heavy (non-hydrogen) atoms. The first-order chi connectivity index (χ1) is 27.8. The standard InChI is InChI=1S/C41H52N4O12S3/c1-7-44-33-21-35-31(19-29(33)27(23-40(44,3)4)25-59(51,52)53)38(39-42(14-11-9-10-13-37(46)47)16-17-43(39)15-12-18-58(48,49)50)32-20-30-28(26-60(54,55)56)24-41(5,6)45(8-2)34(30)22-36(32)57-35/h16-17,19-24H,7-15,18,25-26H2,1-6H3,(H2-2,46,47,48,49,50,51,52,53,54,55,56)/p+2. The minimum Gasteiger partial charge on any atom is -0.481 e. The molecule has 4 N–H and O–H groups in total. The van der Waals surface area contributed by atoms with E-state index in [1.807, 2.05) is 93.3 Å². The van der Waals surface area contributed by atoms with Crippen LogP contribution in [0.2, 0.25) is 0 Å². The molecule has 0 aliphatic carbocycles. The predicted octanol–water partition coefficient (Wildman–Crippen LogP) is 3.52. The summed E-state index contributed by atoms with van der Waals surface area (Å²) < 4.78 is 116. The number of unbranched alkanes of at least 4 members (excludes halogenated alkanes) is 2. The van der Waals surface area contributed by atoms with Gasteiger partial charge in [-0.3, -0.25) is 18.5 Å². The lowest BCUT2D eigenvalue weighted by molar-refractivity contribution is -0.698. The summed E-state index contributed by atoms with van der Waals surface area (Å²) in [6, 6.07) is 7.34. The number of anilines is 1. The topological polar surface area (TPSA) is 225 Å². The van der Waals surface area contributed by atoms with Crippen LogP contribution >= 0.6 is 0 Å². The van der Waals surface area contributed by atoms with Crippen LogP contribution in [0.25, 0.3) is 16.7 Å². The SMILES string of the molecule is CCN1c2cc3c(cc2C(CS(=O)(=O)O)=CC1(C)C)C(c1n(CCCCCC(=O)O)cc[n+]1CCCS(=O)(=O)O)=c1cc2c(cc1O3)=[N+](CC)C(C)(C)C=C2CS(=O)(=O)O. The van der Waals surface area contributed by atoms with E-state index in [0.717, 1.165) is 0 Å². The summed E-state index contributed by atoms with van der Waals surface area (Å²) in [6.45, 7) is 13.4. The minimum atomic E-state index is -4.49. The average molecular weight is 891 g/mol. The molecule has 4 heterocycles. The number of carboxylic acids is 1. The lowest BCUT2D eigenvalue weighted by Crippen LogP contribution is -2.50. The summed E-state index contributed by atoms with van der Waals surface area (Å²) in [7, 11) is -13.3. The molecular formula is C41H54N4O12S3+2. The Morgan fingerprint density at radius 1 is 0.783 bits per heavy atom. The molecule has 0 atom stereocenters. The van der Waals surface area contributed by atoms with E-state index in [0.29, 0.717) is 106 Å². The number of nitrogens with zero attached hydrogens (tertiary/aromatic N) is 4. The lowest BCUT2D eigenvalue weighted by Gasteiger charge is -2.43. The van der Waals surface area contributed by atoms with Crippen molar-refractivity contribution in [2.75, 3.05) is 35.2 Å². The van der Waals surface area contributed by atoms with E-state index in [2.05, 4.69) is 9.48 Å². The average Bonchev–Trinajstić information content (AvgIpc) is 3.48. The molecule has 16 nitrogen and oxygen atoms in total. The Morgan fingerprint density at radius 2 is 1.45 bits per heavy atom. The lowest BCUT2D eigenvalue weighted by atomic mass is 9.85. The zero-order chi connectivity index (χ0) is 44.2. The summed E-state index contributed by atoms with van der Waals surface area (Å²) in [5.74, 6) is -1.30. The van der Waals surface area contributed by atoms with Crippen LogP contribution in [-0.2, 0) is 48.2 Å². The zero-order valence-electron chi connectivity index (χ0n) is 34.7. The number of ether oxygens (including phenoxy) is 1. The molecule has 0 bridgehead atoms. The maximum absolute atomic E-state index is 12.5. The van der Waals surface area contributed by atoms with Crippen molar-refractivity contribution in [1.29, 1.82) is 0 Å². The van der Waals surface area contributed by atoms with Crippen molar-refractivity contribution < 1.29 is 58.1 Å². The highest BCUT2D eigenvalue weighted by Crippen LogP contribution is 2.46. The van der Waals surface area contributed by atoms with Crippen LogP contribution in [0, 0.1) is 0 Å². The molecule has 0 radical (unpaired) electrons. The van der Waals surface area contributed by atoms with E-state index >= 15 is 0 Å². The molecule has 0 saturated heterocycles. The highest BCUT2D eigenvalue weighted by atomic mass is 32.2. The number of carbonyl (C=O) groups is 1. The second kappa shape index (κ2) is 16.5. The Kier molecular flexibility index (Phi) is 12.4. The van der Waals surface area contributed by atoms with Crippen molar-refractivity contribution in [3.63, 3.8) is 0 Å². The van der Waals surface area contributed by atoms with Crippen molar-refractivity contribution in [3.8, 4) is 11.5 Å². The van der Waals surface area contributed by atoms with Gasteiger partial charge < -0.3 is 14.7 Å². The van der Waals surface area contributed by atoms with Crippen LogP contribution in [0.15, 0.2) is 48.8 Å². The molecule has 0 unspecified atom stereocenters. The Balaban J connectivity index is 1.73. The first kappa shape index (κ1) is 45.1. The molecule has 1 aromatic heterocycles. The first-order valence-corrected chi connectivity index (χ1v) is 24.7. The van der Waals surface area contributed by atoms with Gasteiger partial charge in [0.25, 0.3) is 36.2 Å². The van der Waals surface area contributed by atoms with Gasteiger partial charge in [-0.25, -0.2) is 13.7 Å². The highest BCUT2D eigenvalue weighted by Gasteiger charge is 2.40. The van der Waals surface area contributed by atoms with Gasteiger partial charge in [0.2, 0.25) is 5.36 Å². The van der Waals surface area contributed by atoms with Crippen LogP contribution in [0.3, 0.4) is 0 Å². The summed E-state index contributed by atoms with van der Waals surface area (Å²) in [5.41, 5.74) is 2.26. The number of aliphatic carboxylic acids is 1. The molecule has 0 fully saturated rings. The van der Waals surface area contributed by atoms with Crippen molar-refractivity contribution in [3.05, 3.63) is 81.9 Å². The number of benzene rings is 2. The van der Waals surface area contributed by atoms with E-state index in [1.54, 1.807) is 6.20 Å². The van der Waals surface area contributed by atoms with Crippen molar-refractivity contribution >= 4 is 58.7 Å². The molecule has 3 aromatic rings. The molecule has 3 aliphatic rings. The maximum atomic E-state index is 12.5. The van der Waals surface area contributed by atoms with E-state index < -0.39 is 64.7 Å². The monoisotopic (exact) mass is 890 g/mol. The van der Waals surface area contributed by atoms with Gasteiger partial charge in [0.05, 0.1) is 41.6 Å². The van der Waals surface area contributed by atoms with E-state index in [4.69, 9.17) is 4.74 Å². The van der Waals surface area contributed by atoms with Crippen LogP contribution in [0.4, 0.5) is 5.69 Å². The van der Waals surface area contributed by atoms with Gasteiger partial charge in [0, 0.05) is 61.3 Å². The molecule has 326 valence electrons. The largest absolute Gasteiger partial charge is 0.481 e. The summed E-state index contributed by atoms with van der Waals surface area (Å²) >= 11 is 0. The van der Waals surface area contributed by atoms with Gasteiger partial charge in [-0.2, -0.15) is 25.3 Å². The smallest absolute Gasteiger partial charge is 0.303 e. The Bertz CT molecular complexity index is 2790. The van der Waals surface area contributed by atoms with E-state index in [1.165, 1.54) is 0 Å². The van der Waals surface area contributed by atoms with Gasteiger partial charge in [-0.1, -0.05) is 6.08 Å². The molecule has 3 aliphatic heterocycles. The normalized spacial score (nSPS) is 16.9. The molecule has 19 heteroatoms. The number of likely N-dealkylation sites (N-methyl/N-ethyl adjacent to an activating group) is 2. The van der Waals surface area contributed by atoms with Crippen LogP contribution < -0.4 is 29.4 Å². The van der Waals surface area contributed by atoms with Crippen molar-refractivity contribution in [2.24, 2.45) is 0 Å². The van der Waals surface area contributed by atoms with Crippen LogP contribution in [-0.4, -0.2) is 96.0 Å². The first-order valence-electron chi connectivity index (χ1n) is 19.9. The Labute approximate surface area is 351 Å². The molecule has 0 spiro atoms. The third-order valence-electron chi connectivity index (χ3n) is 11.3. The number of hydrogen-bond acceptors (Lipinski definition) is 9. The molecule has 0 saturated carbocycles. The van der Waals surface area contributed by atoms with Gasteiger partial charge in [-0.05, 0) is 76.3 Å². The van der Waals surface area contributed by atoms with Crippen molar-refractivity contribution in [2.45, 2.75) is 97.8 Å². The summed E-state index contributed by atoms with van der Waals surface area (Å²) in [4.78, 5) is 13.4. The van der Waals surface area contributed by atoms with Gasteiger partial charge in [0.1, 0.15) is 41.9 Å². The number of hydrogen-bond donors (Lipinski definition) is 4. The number of rotatable bonds is 17. The minimum absolute atomic E-state index is 0.00977. The molecule has 0 amide bonds. The second-order valence-corrected chi connectivity index (χ2v) is 21.1. The van der Waals surface area contributed by atoms with E-state index in [-0.39, 0.29) is 19.4 Å². The number of fused-ring (bicyclic) bond motifs is 4. The fourth-order valence-electron chi connectivity index (χ4n) is 9.00. The quantitative estimate of drug-likeness (QED) is 0.0678. The predicted molar refractivity (Wildman–Crippen MR) is 227 cm³/mol. The summed E-state index contributed by atoms with van der Waals surface area (Å²) in [6.07, 6.45) is 8.93. The van der Waals surface area contributed by atoms with Gasteiger partial charge in [-0.15, -0.1) is 0 Å². The van der Waals surface area contributed by atoms with Crippen LogP contribution in [0.1, 0.15) is 96.2 Å². The molecule has 6 rings (SSSR count). The fraction of sp³-hybridized carbons (Fsp3) is 0.488.